The van der Waals surface area contributed by atoms with E-state index in [0.29, 0.717) is 22.8 Å². The van der Waals surface area contributed by atoms with Crippen LogP contribution in [0.5, 0.6) is 17.2 Å². The molecule has 5 nitrogen and oxygen atoms in total. The average Bonchev–Trinajstić information content (AvgIpc) is 2.79. The van der Waals surface area contributed by atoms with Gasteiger partial charge in [-0.25, -0.2) is 0 Å². The topological polar surface area (TPSA) is 68.5 Å². The Balaban J connectivity index is 1.66. The van der Waals surface area contributed by atoms with Crippen LogP contribution in [0.15, 0.2) is 78.9 Å². The van der Waals surface area contributed by atoms with Crippen molar-refractivity contribution in [1.29, 1.82) is 5.26 Å². The summed E-state index contributed by atoms with van der Waals surface area (Å²) < 4.78 is 16.3. The van der Waals surface area contributed by atoms with E-state index in [9.17, 15) is 10.1 Å². The Hall–Kier alpha value is -4.04. The van der Waals surface area contributed by atoms with Gasteiger partial charge in [0, 0.05) is 0 Å². The molecule has 0 spiro atoms. The lowest BCUT2D eigenvalue weighted by atomic mass is 10.0. The molecule has 0 heterocycles. The van der Waals surface area contributed by atoms with Gasteiger partial charge in [0.2, 0.25) is 0 Å². The number of nitriles is 1. The molecule has 5 heteroatoms. The molecule has 0 aliphatic rings. The van der Waals surface area contributed by atoms with Crippen molar-refractivity contribution in [3.8, 4) is 23.3 Å². The van der Waals surface area contributed by atoms with E-state index in [1.807, 2.05) is 60.7 Å². The summed E-state index contributed by atoms with van der Waals surface area (Å²) in [6, 6.07) is 26.0. The Morgan fingerprint density at radius 3 is 2.33 bits per heavy atom. The second-order valence-electron chi connectivity index (χ2n) is 6.33. The lowest BCUT2D eigenvalue weighted by Gasteiger charge is -2.11. The molecule has 0 atom stereocenters. The third-order valence-corrected chi connectivity index (χ3v) is 4.25. The number of esters is 1. The molecule has 0 radical (unpaired) electrons. The molecule has 3 aromatic carbocycles. The minimum Gasteiger partial charge on any atom is -0.493 e. The number of ether oxygens (including phenoxy) is 3. The second-order valence-corrected chi connectivity index (χ2v) is 6.33. The first-order chi connectivity index (χ1) is 14.7. The Morgan fingerprint density at radius 1 is 0.967 bits per heavy atom. The van der Waals surface area contributed by atoms with E-state index < -0.39 is 5.97 Å². The first-order valence-electron chi connectivity index (χ1n) is 9.43. The second kappa shape index (κ2) is 10.5. The van der Waals surface area contributed by atoms with Gasteiger partial charge in [0.25, 0.3) is 0 Å². The first-order valence-corrected chi connectivity index (χ1v) is 9.43. The van der Waals surface area contributed by atoms with Crippen molar-refractivity contribution in [3.63, 3.8) is 0 Å². The summed E-state index contributed by atoms with van der Waals surface area (Å²) in [4.78, 5) is 12.2. The molecule has 0 aliphatic heterocycles. The maximum Gasteiger partial charge on any atom is 0.314 e. The van der Waals surface area contributed by atoms with Gasteiger partial charge in [-0.1, -0.05) is 54.6 Å². The highest BCUT2D eigenvalue weighted by Crippen LogP contribution is 2.30. The van der Waals surface area contributed by atoms with E-state index in [1.165, 1.54) is 7.11 Å². The fourth-order valence-electron chi connectivity index (χ4n) is 2.77. The molecule has 0 unspecified atom stereocenters. The van der Waals surface area contributed by atoms with Crippen LogP contribution in [-0.4, -0.2) is 19.7 Å². The molecule has 150 valence electrons. The van der Waals surface area contributed by atoms with E-state index in [2.05, 4.69) is 6.07 Å². The predicted octanol–water partition coefficient (Wildman–Crippen LogP) is 5.13. The summed E-state index contributed by atoms with van der Waals surface area (Å²) in [5, 5.41) is 9.47. The van der Waals surface area contributed by atoms with Gasteiger partial charge >= 0.3 is 5.97 Å². The standard InChI is InChI=1S/C25H21NO4/c1-28-24-17-19(16-21(18-26)20-8-4-2-5-9-20)12-13-23(24)30-25(27)14-15-29-22-10-6-3-7-11-22/h2-13,16-17H,14-15H2,1H3/b21-16-. The molecule has 0 saturated carbocycles. The van der Waals surface area contributed by atoms with Crippen LogP contribution in [0.25, 0.3) is 11.6 Å². The smallest absolute Gasteiger partial charge is 0.314 e. The highest BCUT2D eigenvalue weighted by atomic mass is 16.6. The zero-order chi connectivity index (χ0) is 21.2. The largest absolute Gasteiger partial charge is 0.493 e. The molecule has 0 aromatic heterocycles. The van der Waals surface area contributed by atoms with Crippen molar-refractivity contribution in [1.82, 2.24) is 0 Å². The van der Waals surface area contributed by atoms with Crippen molar-refractivity contribution in [2.24, 2.45) is 0 Å². The Morgan fingerprint density at radius 2 is 1.67 bits per heavy atom. The fourth-order valence-corrected chi connectivity index (χ4v) is 2.77. The molecule has 0 fully saturated rings. The summed E-state index contributed by atoms with van der Waals surface area (Å²) in [5.74, 6) is 1.00. The SMILES string of the molecule is COc1cc(/C=C(/C#N)c2ccccc2)ccc1OC(=O)CCOc1ccccc1. The van der Waals surface area contributed by atoms with Crippen LogP contribution < -0.4 is 14.2 Å². The Bertz CT molecular complexity index is 1050. The normalized spacial score (nSPS) is 10.7. The summed E-state index contributed by atoms with van der Waals surface area (Å²) in [6.07, 6.45) is 1.86. The number of benzene rings is 3. The van der Waals surface area contributed by atoms with E-state index >= 15 is 0 Å². The van der Waals surface area contributed by atoms with Crippen molar-refractivity contribution < 1.29 is 19.0 Å². The third kappa shape index (κ3) is 5.73. The molecule has 3 aromatic rings. The molecule has 3 rings (SSSR count). The Kier molecular flexibility index (Phi) is 7.23. The quantitative estimate of drug-likeness (QED) is 0.227. The van der Waals surface area contributed by atoms with Gasteiger partial charge in [-0.05, 0) is 41.5 Å². The summed E-state index contributed by atoms with van der Waals surface area (Å²) >= 11 is 0. The van der Waals surface area contributed by atoms with Crippen LogP contribution >= 0.6 is 0 Å². The number of nitrogens with zero attached hydrogens (tertiary/aromatic N) is 1. The van der Waals surface area contributed by atoms with E-state index in [0.717, 1.165) is 11.1 Å². The molecule has 30 heavy (non-hydrogen) atoms. The van der Waals surface area contributed by atoms with Crippen molar-refractivity contribution in [2.75, 3.05) is 13.7 Å². The number of para-hydroxylation sites is 1. The van der Waals surface area contributed by atoms with Crippen molar-refractivity contribution >= 4 is 17.6 Å². The summed E-state index contributed by atoms with van der Waals surface area (Å²) in [5.41, 5.74) is 2.12. The van der Waals surface area contributed by atoms with Gasteiger partial charge in [-0.2, -0.15) is 5.26 Å². The molecule has 0 bridgehead atoms. The van der Waals surface area contributed by atoms with Crippen LogP contribution in [0.1, 0.15) is 17.5 Å². The van der Waals surface area contributed by atoms with Crippen molar-refractivity contribution in [3.05, 3.63) is 90.0 Å². The van der Waals surface area contributed by atoms with Gasteiger partial charge in [0.15, 0.2) is 11.5 Å². The van der Waals surface area contributed by atoms with Crippen molar-refractivity contribution in [2.45, 2.75) is 6.42 Å². The van der Waals surface area contributed by atoms with Crippen LogP contribution in [0.4, 0.5) is 0 Å². The van der Waals surface area contributed by atoms with E-state index in [-0.39, 0.29) is 13.0 Å². The number of allylic oxidation sites excluding steroid dienone is 1. The molecular formula is C25H21NO4. The number of hydrogen-bond acceptors (Lipinski definition) is 5. The number of carbonyl (C=O) groups is 1. The number of hydrogen-bond donors (Lipinski definition) is 0. The highest BCUT2D eigenvalue weighted by Gasteiger charge is 2.11. The number of carbonyl (C=O) groups excluding carboxylic acids is 1. The molecular weight excluding hydrogens is 378 g/mol. The van der Waals surface area contributed by atoms with Gasteiger partial charge in [-0.15, -0.1) is 0 Å². The van der Waals surface area contributed by atoms with Crippen LogP contribution in [0.2, 0.25) is 0 Å². The lowest BCUT2D eigenvalue weighted by Crippen LogP contribution is -2.13. The van der Waals surface area contributed by atoms with Gasteiger partial charge in [0.05, 0.1) is 31.8 Å². The van der Waals surface area contributed by atoms with Crippen LogP contribution in [-0.2, 0) is 4.79 Å². The summed E-state index contributed by atoms with van der Waals surface area (Å²) in [6.45, 7) is 0.217. The number of methoxy groups -OCH3 is 1. The molecule has 0 saturated heterocycles. The minimum atomic E-state index is -0.422. The van der Waals surface area contributed by atoms with Gasteiger partial charge in [0.1, 0.15) is 5.75 Å². The maximum absolute atomic E-state index is 12.2. The van der Waals surface area contributed by atoms with Crippen LogP contribution in [0, 0.1) is 11.3 Å². The van der Waals surface area contributed by atoms with Crippen LogP contribution in [0.3, 0.4) is 0 Å². The highest BCUT2D eigenvalue weighted by molar-refractivity contribution is 5.89. The maximum atomic E-state index is 12.2. The number of rotatable bonds is 8. The third-order valence-electron chi connectivity index (χ3n) is 4.25. The minimum absolute atomic E-state index is 0.103. The fraction of sp³-hybridized carbons (Fsp3) is 0.120. The molecule has 0 amide bonds. The monoisotopic (exact) mass is 399 g/mol. The first kappa shape index (κ1) is 20.7. The summed E-state index contributed by atoms with van der Waals surface area (Å²) in [7, 11) is 1.50. The molecule has 0 N–H and O–H groups in total. The predicted molar refractivity (Wildman–Crippen MR) is 115 cm³/mol. The zero-order valence-corrected chi connectivity index (χ0v) is 16.6. The Labute approximate surface area is 175 Å². The van der Waals surface area contributed by atoms with Gasteiger partial charge < -0.3 is 14.2 Å². The van der Waals surface area contributed by atoms with Gasteiger partial charge in [-0.3, -0.25) is 4.79 Å². The zero-order valence-electron chi connectivity index (χ0n) is 16.6. The van der Waals surface area contributed by atoms with E-state index in [1.54, 1.807) is 24.3 Å². The average molecular weight is 399 g/mol. The van der Waals surface area contributed by atoms with E-state index in [4.69, 9.17) is 14.2 Å². The lowest BCUT2D eigenvalue weighted by molar-refractivity contribution is -0.135. The molecule has 0 aliphatic carbocycles.